The van der Waals surface area contributed by atoms with Crippen LogP contribution in [0.5, 0.6) is 5.75 Å². The van der Waals surface area contributed by atoms with Gasteiger partial charge in [0, 0.05) is 21.5 Å². The fraction of sp³-hybridized carbons (Fsp3) is 0.0417. The second kappa shape index (κ2) is 8.09. The number of benzene rings is 3. The molecule has 0 aliphatic carbocycles. The number of thiazole rings is 1. The molecule has 3 aromatic carbocycles. The predicted molar refractivity (Wildman–Crippen MR) is 125 cm³/mol. The lowest BCUT2D eigenvalue weighted by molar-refractivity contribution is 0.0921. The number of halogens is 1. The number of fused-ring (bicyclic) bond motifs is 2. The summed E-state index contributed by atoms with van der Waals surface area (Å²) >= 11 is 4.80. The van der Waals surface area contributed by atoms with Crippen molar-refractivity contribution in [1.29, 1.82) is 0 Å². The molecule has 5 nitrogen and oxygen atoms in total. The predicted octanol–water partition coefficient (Wildman–Crippen LogP) is 6.09. The van der Waals surface area contributed by atoms with Crippen LogP contribution in [-0.2, 0) is 0 Å². The van der Waals surface area contributed by atoms with Crippen LogP contribution in [0, 0.1) is 0 Å². The molecule has 0 aliphatic rings. The average molecular weight is 492 g/mol. The quantitative estimate of drug-likeness (QED) is 0.219. The van der Waals surface area contributed by atoms with Crippen molar-refractivity contribution in [3.63, 3.8) is 0 Å². The van der Waals surface area contributed by atoms with E-state index in [1.807, 2.05) is 24.3 Å². The summed E-state index contributed by atoms with van der Waals surface area (Å²) in [5.74, 6) is 0.314. The Morgan fingerprint density at radius 2 is 1.84 bits per heavy atom. The van der Waals surface area contributed by atoms with Crippen molar-refractivity contribution in [3.8, 4) is 16.3 Å². The van der Waals surface area contributed by atoms with E-state index >= 15 is 0 Å². The fourth-order valence-electron chi connectivity index (χ4n) is 3.19. The summed E-state index contributed by atoms with van der Waals surface area (Å²) < 4.78 is 13.1. The van der Waals surface area contributed by atoms with E-state index in [0.717, 1.165) is 20.1 Å². The molecule has 0 N–H and O–H groups in total. The molecule has 5 rings (SSSR count). The van der Waals surface area contributed by atoms with Gasteiger partial charge >= 0.3 is 5.63 Å². The molecule has 0 unspecified atom stereocenters. The van der Waals surface area contributed by atoms with Gasteiger partial charge in [0.25, 0.3) is 0 Å². The van der Waals surface area contributed by atoms with Gasteiger partial charge in [0.1, 0.15) is 16.3 Å². The van der Waals surface area contributed by atoms with E-state index in [1.165, 1.54) is 11.3 Å². The Labute approximate surface area is 189 Å². The number of ether oxygens (including phenoxy) is 1. The lowest BCUT2D eigenvalue weighted by atomic mass is 10.1. The molecule has 0 saturated carbocycles. The maximum absolute atomic E-state index is 12.6. The normalized spacial score (nSPS) is 11.1. The topological polar surface area (TPSA) is 69.4 Å². The Kier molecular flexibility index (Phi) is 5.13. The Balaban J connectivity index is 1.40. The van der Waals surface area contributed by atoms with E-state index < -0.39 is 5.63 Å². The first-order valence-electron chi connectivity index (χ1n) is 9.42. The summed E-state index contributed by atoms with van der Waals surface area (Å²) in [6.45, 7) is -0.110. The zero-order valence-corrected chi connectivity index (χ0v) is 18.4. The van der Waals surface area contributed by atoms with Crippen LogP contribution in [0.4, 0.5) is 0 Å². The number of aromatic nitrogens is 1. The lowest BCUT2D eigenvalue weighted by Crippen LogP contribution is -2.11. The van der Waals surface area contributed by atoms with E-state index in [2.05, 4.69) is 20.9 Å². The van der Waals surface area contributed by atoms with Gasteiger partial charge in [-0.05, 0) is 42.5 Å². The van der Waals surface area contributed by atoms with Crippen molar-refractivity contribution in [2.75, 3.05) is 6.61 Å². The minimum atomic E-state index is -0.463. The summed E-state index contributed by atoms with van der Waals surface area (Å²) in [5, 5.41) is 1.37. The van der Waals surface area contributed by atoms with Gasteiger partial charge < -0.3 is 9.15 Å². The molecule has 0 atom stereocenters. The Hall–Kier alpha value is -3.29. The molecule has 0 radical (unpaired) electrons. The Morgan fingerprint density at radius 3 is 2.65 bits per heavy atom. The van der Waals surface area contributed by atoms with Crippen molar-refractivity contribution in [2.24, 2.45) is 0 Å². The molecular formula is C24H14BrNO4S. The second-order valence-corrected chi connectivity index (χ2v) is 8.80. The highest BCUT2D eigenvalue weighted by Gasteiger charge is 2.14. The molecule has 7 heteroatoms. The zero-order valence-electron chi connectivity index (χ0n) is 16.0. The summed E-state index contributed by atoms with van der Waals surface area (Å²) in [6, 6.07) is 21.8. The summed E-state index contributed by atoms with van der Waals surface area (Å²) in [7, 11) is 0. The Bertz CT molecular complexity index is 1450. The highest BCUT2D eigenvalue weighted by molar-refractivity contribution is 9.10. The molecule has 0 spiro atoms. The van der Waals surface area contributed by atoms with Crippen LogP contribution in [0.3, 0.4) is 0 Å². The summed E-state index contributed by atoms with van der Waals surface area (Å²) in [5.41, 5.74) is 1.77. The van der Waals surface area contributed by atoms with E-state index in [4.69, 9.17) is 9.15 Å². The van der Waals surface area contributed by atoms with E-state index in [1.54, 1.807) is 48.5 Å². The average Bonchev–Trinajstić information content (AvgIpc) is 3.21. The molecule has 0 aliphatic heterocycles. The number of ketones is 1. The first kappa shape index (κ1) is 19.7. The number of nitrogens with zero attached hydrogens (tertiary/aromatic N) is 1. The van der Waals surface area contributed by atoms with Gasteiger partial charge in [0.15, 0.2) is 12.4 Å². The molecule has 2 aromatic heterocycles. The number of rotatable bonds is 5. The smallest absolute Gasteiger partial charge is 0.346 e. The summed E-state index contributed by atoms with van der Waals surface area (Å²) in [6.07, 6.45) is 0. The zero-order chi connectivity index (χ0) is 21.4. The van der Waals surface area contributed by atoms with E-state index in [9.17, 15) is 9.59 Å². The van der Waals surface area contributed by atoms with Crippen LogP contribution in [0.15, 0.2) is 86.5 Å². The van der Waals surface area contributed by atoms with Gasteiger partial charge in [-0.3, -0.25) is 4.79 Å². The maximum atomic E-state index is 12.6. The molecule has 31 heavy (non-hydrogen) atoms. The van der Waals surface area contributed by atoms with Crippen molar-refractivity contribution in [3.05, 3.63) is 93.3 Å². The third-order valence-electron chi connectivity index (χ3n) is 4.77. The third kappa shape index (κ3) is 4.02. The number of hydrogen-bond donors (Lipinski definition) is 0. The van der Waals surface area contributed by atoms with Crippen molar-refractivity contribution in [1.82, 2.24) is 4.98 Å². The van der Waals surface area contributed by atoms with Crippen molar-refractivity contribution >= 4 is 54.2 Å². The van der Waals surface area contributed by atoms with Crippen LogP contribution >= 0.6 is 27.3 Å². The highest BCUT2D eigenvalue weighted by Crippen LogP contribution is 2.30. The Morgan fingerprint density at radius 1 is 1.03 bits per heavy atom. The van der Waals surface area contributed by atoms with Crippen LogP contribution < -0.4 is 10.4 Å². The number of Topliss-reactive ketones (excluding diaryl/α,β-unsaturated/α-hetero) is 1. The SMILES string of the molecule is O=C(COc1ccc2cc(-c3nc4ccccc4s3)c(=O)oc2c1)c1ccc(Br)cc1. The van der Waals surface area contributed by atoms with E-state index in [-0.39, 0.29) is 12.4 Å². The molecule has 5 aromatic rings. The van der Waals surface area contributed by atoms with Crippen LogP contribution in [-0.4, -0.2) is 17.4 Å². The van der Waals surface area contributed by atoms with Gasteiger partial charge in [-0.1, -0.05) is 40.2 Å². The standard InChI is InChI=1S/C24H14BrNO4S/c25-16-8-5-14(6-9-16)20(27)13-29-17-10-7-15-11-18(24(28)30-21(15)12-17)23-26-19-3-1-2-4-22(19)31-23/h1-12H,13H2. The van der Waals surface area contributed by atoms with Gasteiger partial charge in [-0.15, -0.1) is 11.3 Å². The molecule has 0 saturated heterocycles. The first-order valence-corrected chi connectivity index (χ1v) is 11.0. The van der Waals surface area contributed by atoms with Gasteiger partial charge in [-0.2, -0.15) is 0 Å². The van der Waals surface area contributed by atoms with Crippen LogP contribution in [0.2, 0.25) is 0 Å². The molecule has 152 valence electrons. The minimum absolute atomic E-state index is 0.110. The number of carbonyl (C=O) groups is 1. The van der Waals surface area contributed by atoms with Crippen LogP contribution in [0.1, 0.15) is 10.4 Å². The second-order valence-electron chi connectivity index (χ2n) is 6.85. The van der Waals surface area contributed by atoms with Crippen molar-refractivity contribution in [2.45, 2.75) is 0 Å². The summed E-state index contributed by atoms with van der Waals surface area (Å²) in [4.78, 5) is 29.4. The number of carbonyl (C=O) groups excluding carboxylic acids is 1. The highest BCUT2D eigenvalue weighted by atomic mass is 79.9. The van der Waals surface area contributed by atoms with E-state index in [0.29, 0.717) is 27.5 Å². The first-order chi connectivity index (χ1) is 15.1. The minimum Gasteiger partial charge on any atom is -0.485 e. The molecule has 2 heterocycles. The van der Waals surface area contributed by atoms with Gasteiger partial charge in [0.05, 0.1) is 15.8 Å². The largest absolute Gasteiger partial charge is 0.485 e. The van der Waals surface area contributed by atoms with Gasteiger partial charge in [-0.25, -0.2) is 9.78 Å². The number of hydrogen-bond acceptors (Lipinski definition) is 6. The fourth-order valence-corrected chi connectivity index (χ4v) is 4.42. The van der Waals surface area contributed by atoms with Gasteiger partial charge in [0.2, 0.25) is 0 Å². The molecule has 0 bridgehead atoms. The van der Waals surface area contributed by atoms with Crippen LogP contribution in [0.25, 0.3) is 31.8 Å². The monoisotopic (exact) mass is 491 g/mol. The molecular weight excluding hydrogens is 478 g/mol. The lowest BCUT2D eigenvalue weighted by Gasteiger charge is -2.07. The number of para-hydroxylation sites is 1. The maximum Gasteiger partial charge on any atom is 0.346 e. The van der Waals surface area contributed by atoms with Crippen molar-refractivity contribution < 1.29 is 13.9 Å². The molecule has 0 fully saturated rings. The third-order valence-corrected chi connectivity index (χ3v) is 6.37. The molecule has 0 amide bonds.